The molecule has 10 heavy (non-hydrogen) atoms. The Morgan fingerprint density at radius 3 is 1.70 bits per heavy atom. The number of rotatable bonds is 1. The van der Waals surface area contributed by atoms with Gasteiger partial charge >= 0.3 is 0 Å². The molecule has 0 spiro atoms. The highest BCUT2D eigenvalue weighted by Gasteiger charge is 1.52. The first-order valence-corrected chi connectivity index (χ1v) is 2.91. The Bertz CT molecular complexity index is 111. The number of aliphatic imine (C=N–C) groups is 1. The second kappa shape index (κ2) is 46.6. The van der Waals surface area contributed by atoms with Gasteiger partial charge in [0.25, 0.3) is 0 Å². The summed E-state index contributed by atoms with van der Waals surface area (Å²) in [6.45, 7) is 6.33. The lowest BCUT2D eigenvalue weighted by atomic mass is 10.8. The summed E-state index contributed by atoms with van der Waals surface area (Å²) in [5, 5.41) is 5.40. The lowest BCUT2D eigenvalue weighted by Gasteiger charge is -1.58. The monoisotopic (exact) mass is 144 g/mol. The molecule has 58 valence electrons. The first-order chi connectivity index (χ1) is 4.83. The quantitative estimate of drug-likeness (QED) is 0.444. The van der Waals surface area contributed by atoms with E-state index in [1.807, 2.05) is 13.8 Å². The van der Waals surface area contributed by atoms with Gasteiger partial charge in [-0.1, -0.05) is 13.8 Å². The van der Waals surface area contributed by atoms with Gasteiger partial charge in [-0.25, -0.2) is 20.0 Å². The van der Waals surface area contributed by atoms with Gasteiger partial charge in [0.2, 0.25) is 12.2 Å². The third-order valence-electron chi connectivity index (χ3n) is 0.223. The Morgan fingerprint density at radius 1 is 1.40 bits per heavy atom. The van der Waals surface area contributed by atoms with Crippen molar-refractivity contribution >= 4 is 12.2 Å². The summed E-state index contributed by atoms with van der Waals surface area (Å²) in [6, 6.07) is 0. The van der Waals surface area contributed by atoms with Gasteiger partial charge in [0.05, 0.1) is 0 Å². The molecule has 0 rings (SSSR count). The molecule has 0 saturated heterocycles. The molecule has 1 N–H and O–H groups in total. The van der Waals surface area contributed by atoms with Crippen molar-refractivity contribution in [3.8, 4) is 0 Å². The number of nitrogens with one attached hydrogen (secondary N) is 1. The number of nitrogens with zero attached hydrogens (tertiary/aromatic N) is 1. The first kappa shape index (κ1) is 15.9. The fraction of sp³-hybridized carbons (Fsp3) is 0.667. The van der Waals surface area contributed by atoms with Crippen LogP contribution in [0.1, 0.15) is 20.8 Å². The molecule has 0 aromatic rings. The smallest absolute Gasteiger partial charge is 0.222 e. The highest BCUT2D eigenvalue weighted by atomic mass is 16.1. The van der Waals surface area contributed by atoms with Crippen LogP contribution in [0.15, 0.2) is 4.99 Å². The summed E-state index contributed by atoms with van der Waals surface area (Å²) in [7, 11) is 0. The maximum absolute atomic E-state index is 9.11. The van der Waals surface area contributed by atoms with Crippen LogP contribution < -0.4 is 0 Å². The standard InChI is InChI=1S/C3H5NO.C2H6.CHNO/c1-2-4-3-5;1-2;2-1-3/h2H2,1H3;1-2H3;2H. The van der Waals surface area contributed by atoms with Crippen molar-refractivity contribution in [3.05, 3.63) is 0 Å². The predicted octanol–water partition coefficient (Wildman–Crippen LogP) is 1.27. The van der Waals surface area contributed by atoms with Crippen molar-refractivity contribution in [2.45, 2.75) is 20.8 Å². The Morgan fingerprint density at radius 2 is 1.70 bits per heavy atom. The Hall–Kier alpha value is -1.24. The summed E-state index contributed by atoms with van der Waals surface area (Å²) in [5.74, 6) is 0. The van der Waals surface area contributed by atoms with Gasteiger partial charge in [0, 0.05) is 6.54 Å². The summed E-state index contributed by atoms with van der Waals surface area (Å²) in [5.41, 5.74) is 0. The fourth-order valence-electron chi connectivity index (χ4n) is 0.0645. The second-order valence-corrected chi connectivity index (χ2v) is 0.668. The normalized spacial score (nSPS) is 4.30. The molecule has 0 aliphatic rings. The molecular weight excluding hydrogens is 132 g/mol. The van der Waals surface area contributed by atoms with Crippen molar-refractivity contribution in [1.82, 2.24) is 0 Å². The molecule has 0 aliphatic carbocycles. The van der Waals surface area contributed by atoms with E-state index in [2.05, 4.69) is 4.99 Å². The molecule has 0 amide bonds. The SMILES string of the molecule is CC.CCN=C=O.N=C=O. The van der Waals surface area contributed by atoms with Gasteiger partial charge in [0.15, 0.2) is 0 Å². The first-order valence-electron chi connectivity index (χ1n) is 2.91. The Labute approximate surface area is 60.5 Å². The van der Waals surface area contributed by atoms with Crippen LogP contribution in [0.3, 0.4) is 0 Å². The molecule has 0 aromatic carbocycles. The van der Waals surface area contributed by atoms with E-state index in [1.54, 1.807) is 6.92 Å². The van der Waals surface area contributed by atoms with Crippen molar-refractivity contribution in [2.24, 2.45) is 4.99 Å². The van der Waals surface area contributed by atoms with Crippen molar-refractivity contribution in [1.29, 1.82) is 5.41 Å². The van der Waals surface area contributed by atoms with E-state index in [0.29, 0.717) is 6.54 Å². The van der Waals surface area contributed by atoms with Gasteiger partial charge in [-0.05, 0) is 6.92 Å². The third-order valence-corrected chi connectivity index (χ3v) is 0.223. The summed E-state index contributed by atoms with van der Waals surface area (Å²) in [4.78, 5) is 20.6. The van der Waals surface area contributed by atoms with Gasteiger partial charge in [-0.3, -0.25) is 0 Å². The summed E-state index contributed by atoms with van der Waals surface area (Å²) < 4.78 is 0. The van der Waals surface area contributed by atoms with Crippen LogP contribution in [-0.4, -0.2) is 18.7 Å². The van der Waals surface area contributed by atoms with Crippen LogP contribution in [0.4, 0.5) is 0 Å². The number of carbonyl (C=O) groups excluding carboxylic acids is 2. The van der Waals surface area contributed by atoms with Crippen molar-refractivity contribution in [3.63, 3.8) is 0 Å². The maximum Gasteiger partial charge on any atom is 0.234 e. The Balaban J connectivity index is -0.0000000847. The molecule has 0 aliphatic heterocycles. The summed E-state index contributed by atoms with van der Waals surface area (Å²) >= 11 is 0. The molecule has 4 nitrogen and oxygen atoms in total. The molecule has 0 heterocycles. The van der Waals surface area contributed by atoms with Crippen LogP contribution >= 0.6 is 0 Å². The molecule has 0 radical (unpaired) electrons. The van der Waals surface area contributed by atoms with Crippen LogP contribution in [0.25, 0.3) is 0 Å². The van der Waals surface area contributed by atoms with Crippen LogP contribution in [0.2, 0.25) is 0 Å². The predicted molar refractivity (Wildman–Crippen MR) is 38.4 cm³/mol. The van der Waals surface area contributed by atoms with Crippen LogP contribution in [0.5, 0.6) is 0 Å². The molecule has 4 heteroatoms. The van der Waals surface area contributed by atoms with Gasteiger partial charge in [-0.2, -0.15) is 0 Å². The zero-order valence-electron chi connectivity index (χ0n) is 6.47. The van der Waals surface area contributed by atoms with Gasteiger partial charge in [0.1, 0.15) is 0 Å². The maximum atomic E-state index is 9.11. The highest BCUT2D eigenvalue weighted by molar-refractivity contribution is 5.32. The van der Waals surface area contributed by atoms with Crippen molar-refractivity contribution < 1.29 is 9.59 Å². The second-order valence-electron chi connectivity index (χ2n) is 0.668. The molecule has 0 saturated carbocycles. The van der Waals surface area contributed by atoms with E-state index in [4.69, 9.17) is 15.0 Å². The molecule has 0 bridgehead atoms. The lowest BCUT2D eigenvalue weighted by molar-refractivity contribution is 0.562. The van der Waals surface area contributed by atoms with Crippen LogP contribution in [0, 0.1) is 5.41 Å². The van der Waals surface area contributed by atoms with E-state index < -0.39 is 0 Å². The Kier molecular flexibility index (Phi) is 74.0. The van der Waals surface area contributed by atoms with E-state index in [9.17, 15) is 0 Å². The number of hydrogen-bond acceptors (Lipinski definition) is 4. The van der Waals surface area contributed by atoms with E-state index in [1.165, 1.54) is 6.08 Å². The van der Waals surface area contributed by atoms with E-state index in [0.717, 1.165) is 6.08 Å². The molecule has 0 aromatic heterocycles. The molecule has 0 fully saturated rings. The minimum Gasteiger partial charge on any atom is -0.222 e. The average Bonchev–Trinajstić information content (AvgIpc) is 1.96. The average molecular weight is 144 g/mol. The molecule has 0 atom stereocenters. The molecule has 0 unspecified atom stereocenters. The zero-order chi connectivity index (χ0) is 8.83. The fourth-order valence-corrected chi connectivity index (χ4v) is 0.0645. The minimum atomic E-state index is 0.545. The lowest BCUT2D eigenvalue weighted by Crippen LogP contribution is -1.58. The topological polar surface area (TPSA) is 70.3 Å². The third kappa shape index (κ3) is 388. The highest BCUT2D eigenvalue weighted by Crippen LogP contribution is 1.52. The molecular formula is C6H12N2O2. The van der Waals surface area contributed by atoms with E-state index in [-0.39, 0.29) is 0 Å². The summed E-state index contributed by atoms with van der Waals surface area (Å²) in [6.07, 6.45) is 2.14. The largest absolute Gasteiger partial charge is 0.234 e. The zero-order valence-corrected chi connectivity index (χ0v) is 6.47. The number of hydrogen-bond donors (Lipinski definition) is 1. The number of isocyanates is 2. The van der Waals surface area contributed by atoms with E-state index >= 15 is 0 Å². The van der Waals surface area contributed by atoms with Gasteiger partial charge in [-0.15, -0.1) is 0 Å². The van der Waals surface area contributed by atoms with Crippen LogP contribution in [-0.2, 0) is 9.59 Å². The van der Waals surface area contributed by atoms with Gasteiger partial charge < -0.3 is 0 Å². The van der Waals surface area contributed by atoms with Crippen molar-refractivity contribution in [2.75, 3.05) is 6.54 Å². The minimum absolute atomic E-state index is 0.545.